The molecule has 6 rings (SSSR count). The third-order valence-corrected chi connectivity index (χ3v) is 8.19. The lowest BCUT2D eigenvalue weighted by molar-refractivity contribution is -0.677. The fraction of sp³-hybridized carbons (Fsp3) is 0.476. The average Bonchev–Trinajstić information content (AvgIpc) is 3.47. The van der Waals surface area contributed by atoms with Gasteiger partial charge in [0.05, 0.1) is 18.8 Å². The summed E-state index contributed by atoms with van der Waals surface area (Å²) in [6.07, 6.45) is 8.61. The predicted octanol–water partition coefficient (Wildman–Crippen LogP) is 3.82. The molecule has 3 N–H and O–H groups in total. The van der Waals surface area contributed by atoms with Crippen molar-refractivity contribution < 1.29 is 18.8 Å². The first kappa shape index (κ1) is 19.6. The molecule has 2 saturated heterocycles. The molecule has 3 aliphatic rings. The number of aryl methyl sites for hydroxylation is 1. The smallest absolute Gasteiger partial charge is 0.294 e. The molecule has 10 heteroatoms. The number of anilines is 1. The normalized spacial score (nSPS) is 24.2. The van der Waals surface area contributed by atoms with E-state index in [1.807, 2.05) is 12.1 Å². The molecule has 2 fully saturated rings. The maximum Gasteiger partial charge on any atom is 0.294 e. The molecule has 0 radical (unpaired) electrons. The first-order valence-electron chi connectivity index (χ1n) is 10.6. The van der Waals surface area contributed by atoms with Crippen LogP contribution in [0.3, 0.4) is 0 Å². The number of aromatic nitrogens is 4. The van der Waals surface area contributed by atoms with E-state index in [1.54, 1.807) is 6.33 Å². The number of imidazole rings is 1. The van der Waals surface area contributed by atoms with E-state index in [0.29, 0.717) is 23.9 Å². The molecule has 31 heavy (non-hydrogen) atoms. The zero-order chi connectivity index (χ0) is 20.9. The van der Waals surface area contributed by atoms with E-state index >= 15 is 0 Å². The van der Waals surface area contributed by atoms with E-state index in [9.17, 15) is 0 Å². The molecule has 3 aromatic rings. The van der Waals surface area contributed by atoms with Gasteiger partial charge >= 0.3 is 0 Å². The Morgan fingerprint density at radius 3 is 2.77 bits per heavy atom. The van der Waals surface area contributed by atoms with Crippen LogP contribution in [0.15, 0.2) is 33.0 Å². The van der Waals surface area contributed by atoms with Crippen molar-refractivity contribution in [3.63, 3.8) is 0 Å². The van der Waals surface area contributed by atoms with E-state index in [4.69, 9.17) is 24.9 Å². The van der Waals surface area contributed by atoms with E-state index in [-0.39, 0.29) is 6.79 Å². The maximum absolute atomic E-state index is 6.15. The van der Waals surface area contributed by atoms with Gasteiger partial charge in [-0.25, -0.2) is 4.57 Å². The Balaban J connectivity index is 1.24. The SMILES string of the molecule is Nc1nc[n+](CCC2CC3CCC(C2)O3)c2nc(Sc3cc4c(cc3Br)OCO4)[nH]c12. The number of rotatable bonds is 5. The van der Waals surface area contributed by atoms with Gasteiger partial charge in [0.25, 0.3) is 5.65 Å². The number of fused-ring (bicyclic) bond motifs is 4. The summed E-state index contributed by atoms with van der Waals surface area (Å²) < 4.78 is 20.0. The Bertz CT molecular complexity index is 1140. The number of aromatic amines is 1. The number of nitrogen functional groups attached to an aromatic ring is 1. The lowest BCUT2D eigenvalue weighted by Gasteiger charge is -2.27. The topological polar surface area (TPSA) is 99.2 Å². The molecule has 2 bridgehead atoms. The van der Waals surface area contributed by atoms with E-state index < -0.39 is 0 Å². The highest BCUT2D eigenvalue weighted by molar-refractivity contribution is 9.10. The van der Waals surface area contributed by atoms with Crippen molar-refractivity contribution in [1.82, 2.24) is 15.0 Å². The van der Waals surface area contributed by atoms with E-state index in [1.165, 1.54) is 37.4 Å². The molecule has 2 unspecified atom stereocenters. The molecule has 0 saturated carbocycles. The van der Waals surface area contributed by atoms with Crippen LogP contribution >= 0.6 is 27.7 Å². The number of nitrogens with two attached hydrogens (primary N) is 1. The Morgan fingerprint density at radius 2 is 1.97 bits per heavy atom. The molecule has 0 amide bonds. The summed E-state index contributed by atoms with van der Waals surface area (Å²) in [6, 6.07) is 3.88. The second-order valence-corrected chi connectivity index (χ2v) is 10.3. The quantitative estimate of drug-likeness (QED) is 0.509. The summed E-state index contributed by atoms with van der Waals surface area (Å²) in [6.45, 7) is 1.12. The first-order chi connectivity index (χ1) is 15.1. The van der Waals surface area contributed by atoms with Gasteiger partial charge in [0.2, 0.25) is 24.1 Å². The lowest BCUT2D eigenvalue weighted by Crippen LogP contribution is -2.37. The minimum atomic E-state index is 0.247. The highest BCUT2D eigenvalue weighted by Crippen LogP contribution is 2.42. The molecule has 8 nitrogen and oxygen atoms in total. The number of ether oxygens (including phenoxy) is 3. The molecular weight excluding hydrogens is 482 g/mol. The molecule has 3 aliphatic heterocycles. The van der Waals surface area contributed by atoms with Crippen LogP contribution in [0.25, 0.3) is 11.2 Å². The summed E-state index contributed by atoms with van der Waals surface area (Å²) in [5.74, 6) is 2.64. The lowest BCUT2D eigenvalue weighted by atomic mass is 9.92. The fourth-order valence-electron chi connectivity index (χ4n) is 4.80. The highest BCUT2D eigenvalue weighted by atomic mass is 79.9. The number of nitrogens with zero attached hydrogens (tertiary/aromatic N) is 3. The number of nitrogens with one attached hydrogen (secondary N) is 1. The summed E-state index contributed by atoms with van der Waals surface area (Å²) in [5, 5.41) is 0.757. The summed E-state index contributed by atoms with van der Waals surface area (Å²) in [5.41, 5.74) is 7.76. The van der Waals surface area contributed by atoms with Gasteiger partial charge in [-0.15, -0.1) is 0 Å². The first-order valence-corrected chi connectivity index (χ1v) is 12.2. The van der Waals surface area contributed by atoms with Gasteiger partial charge in [0.1, 0.15) is 0 Å². The van der Waals surface area contributed by atoms with Crippen LogP contribution in [0.4, 0.5) is 5.82 Å². The fourth-order valence-corrected chi connectivity index (χ4v) is 6.18. The Hall–Kier alpha value is -2.04. The molecule has 2 aromatic heterocycles. The minimum Gasteiger partial charge on any atom is -0.454 e. The van der Waals surface area contributed by atoms with Crippen molar-refractivity contribution in [2.45, 2.75) is 60.9 Å². The largest absolute Gasteiger partial charge is 0.454 e. The van der Waals surface area contributed by atoms with Crippen LogP contribution in [-0.2, 0) is 11.3 Å². The summed E-state index contributed by atoms with van der Waals surface area (Å²) >= 11 is 5.13. The number of hydrogen-bond acceptors (Lipinski definition) is 7. The van der Waals surface area contributed by atoms with Crippen molar-refractivity contribution >= 4 is 44.7 Å². The van der Waals surface area contributed by atoms with Gasteiger partial charge in [-0.1, -0.05) is 9.97 Å². The van der Waals surface area contributed by atoms with Gasteiger partial charge < -0.3 is 24.9 Å². The Labute approximate surface area is 192 Å². The maximum atomic E-state index is 6.15. The molecule has 0 aliphatic carbocycles. The molecule has 1 aromatic carbocycles. The van der Waals surface area contributed by atoms with E-state index in [2.05, 4.69) is 30.5 Å². The van der Waals surface area contributed by atoms with Crippen molar-refractivity contribution in [2.75, 3.05) is 12.5 Å². The number of benzene rings is 1. The predicted molar refractivity (Wildman–Crippen MR) is 118 cm³/mol. The van der Waals surface area contributed by atoms with Crippen molar-refractivity contribution in [3.8, 4) is 11.5 Å². The van der Waals surface area contributed by atoms with Crippen molar-refractivity contribution in [2.24, 2.45) is 5.92 Å². The van der Waals surface area contributed by atoms with Gasteiger partial charge in [-0.05, 0) is 77.8 Å². The van der Waals surface area contributed by atoms with Crippen molar-refractivity contribution in [3.05, 3.63) is 22.9 Å². The third kappa shape index (κ3) is 3.74. The number of hydrogen-bond donors (Lipinski definition) is 2. The van der Waals surface area contributed by atoms with Gasteiger partial charge in [0, 0.05) is 9.37 Å². The Kier molecular flexibility index (Phi) is 4.96. The standard InChI is InChI=1S/C21H22BrN5O3S/c22-14-7-15-16(29-10-28-15)8-17(14)31-21-25-18-19(23)24-9-27(20(18)26-21)4-3-11-5-12-1-2-13(6-11)30-12/h7-9,11-13H,1-6,10H2,(H2,23,25,26)/p+1. The monoisotopic (exact) mass is 504 g/mol. The molecule has 2 atom stereocenters. The average molecular weight is 505 g/mol. The number of halogens is 1. The second kappa shape index (κ2) is 7.83. The summed E-state index contributed by atoms with van der Waals surface area (Å²) in [7, 11) is 0. The number of H-pyrrole nitrogens is 1. The van der Waals surface area contributed by atoms with Crippen LogP contribution in [-0.4, -0.2) is 34.0 Å². The van der Waals surface area contributed by atoms with E-state index in [0.717, 1.165) is 50.2 Å². The van der Waals surface area contributed by atoms with Crippen LogP contribution in [0.2, 0.25) is 0 Å². The minimum absolute atomic E-state index is 0.247. The van der Waals surface area contributed by atoms with Crippen LogP contribution < -0.4 is 19.8 Å². The molecule has 5 heterocycles. The summed E-state index contributed by atoms with van der Waals surface area (Å²) in [4.78, 5) is 13.6. The third-order valence-electron chi connectivity index (χ3n) is 6.33. The zero-order valence-electron chi connectivity index (χ0n) is 16.8. The molecular formula is C21H23BrN5O3S+. The van der Waals surface area contributed by atoms with Crippen LogP contribution in [0.5, 0.6) is 11.5 Å². The Morgan fingerprint density at radius 1 is 1.19 bits per heavy atom. The van der Waals surface area contributed by atoms with Gasteiger partial charge in [0.15, 0.2) is 17.0 Å². The second-order valence-electron chi connectivity index (χ2n) is 8.39. The zero-order valence-corrected chi connectivity index (χ0v) is 19.2. The van der Waals surface area contributed by atoms with Gasteiger partial charge in [-0.3, -0.25) is 0 Å². The van der Waals surface area contributed by atoms with Crippen molar-refractivity contribution in [1.29, 1.82) is 0 Å². The van der Waals surface area contributed by atoms with Gasteiger partial charge in [-0.2, -0.15) is 0 Å². The highest BCUT2D eigenvalue weighted by Gasteiger charge is 2.35. The molecule has 162 valence electrons. The molecule has 0 spiro atoms. The van der Waals surface area contributed by atoms with Crippen LogP contribution in [0.1, 0.15) is 32.1 Å². The van der Waals surface area contributed by atoms with Crippen LogP contribution in [0, 0.1) is 5.92 Å².